The Morgan fingerprint density at radius 1 is 1.19 bits per heavy atom. The van der Waals surface area contributed by atoms with E-state index < -0.39 is 23.5 Å². The second-order valence-electron chi connectivity index (χ2n) is 4.79. The highest BCUT2D eigenvalue weighted by Crippen LogP contribution is 2.36. The zero-order chi connectivity index (χ0) is 15.0. The minimum atomic E-state index is -1.10. The van der Waals surface area contributed by atoms with Crippen LogP contribution < -0.4 is 4.74 Å². The van der Waals surface area contributed by atoms with E-state index >= 15 is 0 Å². The maximum Gasteiger partial charge on any atom is 0.207 e. The van der Waals surface area contributed by atoms with Gasteiger partial charge in [-0.05, 0) is 30.7 Å². The predicted molar refractivity (Wildman–Crippen MR) is 77.0 cm³/mol. The lowest BCUT2D eigenvalue weighted by Crippen LogP contribution is -2.33. The number of para-hydroxylation sites is 1. The number of thioether (sulfide) groups is 1. The Kier molecular flexibility index (Phi) is 3.68. The van der Waals surface area contributed by atoms with Gasteiger partial charge in [0.05, 0.1) is 5.56 Å². The molecule has 0 bridgehead atoms. The first-order valence-corrected chi connectivity index (χ1v) is 7.44. The fourth-order valence-electron chi connectivity index (χ4n) is 2.16. The Balaban J connectivity index is 1.89. The Morgan fingerprint density at radius 3 is 2.76 bits per heavy atom. The normalized spacial score (nSPS) is 17.0. The smallest absolute Gasteiger partial charge is 0.207 e. The van der Waals surface area contributed by atoms with Crippen LogP contribution >= 0.6 is 11.8 Å². The van der Waals surface area contributed by atoms with Crippen molar-refractivity contribution in [1.82, 2.24) is 0 Å². The summed E-state index contributed by atoms with van der Waals surface area (Å²) in [4.78, 5) is 13.3. The summed E-state index contributed by atoms with van der Waals surface area (Å²) >= 11 is 1.47. The topological polar surface area (TPSA) is 26.3 Å². The van der Waals surface area contributed by atoms with Crippen LogP contribution in [0.5, 0.6) is 5.75 Å². The fraction of sp³-hybridized carbons (Fsp3) is 0.188. The van der Waals surface area contributed by atoms with Crippen molar-refractivity contribution in [1.29, 1.82) is 0 Å². The number of ether oxygens (including phenoxy) is 1. The average molecular weight is 306 g/mol. The van der Waals surface area contributed by atoms with E-state index in [9.17, 15) is 13.6 Å². The van der Waals surface area contributed by atoms with Gasteiger partial charge in [-0.3, -0.25) is 4.79 Å². The van der Waals surface area contributed by atoms with Crippen molar-refractivity contribution in [2.75, 3.05) is 5.75 Å². The van der Waals surface area contributed by atoms with Crippen molar-refractivity contribution < 1.29 is 18.3 Å². The third-order valence-corrected chi connectivity index (χ3v) is 4.46. The summed E-state index contributed by atoms with van der Waals surface area (Å²) in [6, 6.07) is 10.0. The molecular weight excluding hydrogens is 294 g/mol. The molecule has 2 aromatic carbocycles. The summed E-state index contributed by atoms with van der Waals surface area (Å²) in [5.41, 5.74) is -0.0867. The average Bonchev–Trinajstić information content (AvgIpc) is 2.52. The molecule has 0 saturated heterocycles. The molecule has 1 atom stereocenters. The quantitative estimate of drug-likeness (QED) is 0.784. The summed E-state index contributed by atoms with van der Waals surface area (Å²) in [7, 11) is 0. The minimum Gasteiger partial charge on any atom is -0.480 e. The molecule has 1 aliphatic rings. The first kappa shape index (κ1) is 14.1. The van der Waals surface area contributed by atoms with Crippen LogP contribution in [0.1, 0.15) is 15.9 Å². The highest BCUT2D eigenvalue weighted by molar-refractivity contribution is 7.99. The van der Waals surface area contributed by atoms with Gasteiger partial charge in [0.25, 0.3) is 0 Å². The molecule has 1 aliphatic heterocycles. The maximum atomic E-state index is 13.9. The van der Waals surface area contributed by atoms with Crippen molar-refractivity contribution in [2.24, 2.45) is 0 Å². The van der Waals surface area contributed by atoms with Crippen molar-refractivity contribution in [3.05, 3.63) is 59.2 Å². The van der Waals surface area contributed by atoms with Gasteiger partial charge >= 0.3 is 0 Å². The van der Waals surface area contributed by atoms with Crippen molar-refractivity contribution >= 4 is 17.5 Å². The molecule has 0 spiro atoms. The Morgan fingerprint density at radius 2 is 1.95 bits per heavy atom. The summed E-state index contributed by atoms with van der Waals surface area (Å²) in [5.74, 6) is -1.64. The van der Waals surface area contributed by atoms with E-state index in [0.29, 0.717) is 11.5 Å². The van der Waals surface area contributed by atoms with E-state index in [0.717, 1.165) is 4.90 Å². The molecule has 5 heteroatoms. The summed E-state index contributed by atoms with van der Waals surface area (Å²) in [5, 5.41) is 0. The zero-order valence-corrected chi connectivity index (χ0v) is 12.0. The van der Waals surface area contributed by atoms with Gasteiger partial charge in [0.15, 0.2) is 17.7 Å². The van der Waals surface area contributed by atoms with Crippen LogP contribution in [0.2, 0.25) is 0 Å². The second-order valence-corrected chi connectivity index (χ2v) is 5.85. The van der Waals surface area contributed by atoms with E-state index in [1.165, 1.54) is 30.8 Å². The van der Waals surface area contributed by atoms with E-state index in [4.69, 9.17) is 4.74 Å². The van der Waals surface area contributed by atoms with Crippen LogP contribution in [0.15, 0.2) is 41.3 Å². The molecule has 0 N–H and O–H groups in total. The van der Waals surface area contributed by atoms with Crippen molar-refractivity contribution in [3.8, 4) is 5.75 Å². The van der Waals surface area contributed by atoms with Gasteiger partial charge in [-0.2, -0.15) is 0 Å². The van der Waals surface area contributed by atoms with Crippen LogP contribution in [0.3, 0.4) is 0 Å². The summed E-state index contributed by atoms with van der Waals surface area (Å²) < 4.78 is 33.1. The van der Waals surface area contributed by atoms with Gasteiger partial charge in [0, 0.05) is 10.6 Å². The molecule has 0 aromatic heterocycles. The van der Waals surface area contributed by atoms with E-state index in [2.05, 4.69) is 0 Å². The lowest BCUT2D eigenvalue weighted by atomic mass is 10.0. The zero-order valence-electron chi connectivity index (χ0n) is 11.2. The van der Waals surface area contributed by atoms with Crippen LogP contribution in [0.4, 0.5) is 8.78 Å². The molecule has 0 aliphatic carbocycles. The molecule has 0 saturated carbocycles. The number of hydrogen-bond donors (Lipinski definition) is 0. The van der Waals surface area contributed by atoms with Gasteiger partial charge in [0.1, 0.15) is 5.75 Å². The fourth-order valence-corrected chi connectivity index (χ4v) is 3.14. The number of aryl methyl sites for hydroxylation is 1. The lowest BCUT2D eigenvalue weighted by Gasteiger charge is -2.24. The van der Waals surface area contributed by atoms with Gasteiger partial charge in [-0.25, -0.2) is 8.78 Å². The second kappa shape index (κ2) is 5.48. The third-order valence-electron chi connectivity index (χ3n) is 3.34. The van der Waals surface area contributed by atoms with E-state index in [1.807, 2.05) is 12.1 Å². The van der Waals surface area contributed by atoms with Crippen molar-refractivity contribution in [2.45, 2.75) is 17.9 Å². The highest BCUT2D eigenvalue weighted by atomic mass is 32.2. The number of ketones is 1. The molecule has 0 fully saturated rings. The molecule has 3 rings (SSSR count). The SMILES string of the molecule is Cc1ccc(C(=O)C2CSc3ccccc3O2)c(F)c1F. The van der Waals surface area contributed by atoms with Crippen LogP contribution in [-0.4, -0.2) is 17.6 Å². The predicted octanol–water partition coefficient (Wildman–Crippen LogP) is 4.01. The molecule has 0 amide bonds. The molecule has 108 valence electrons. The number of fused-ring (bicyclic) bond motifs is 1. The van der Waals surface area contributed by atoms with E-state index in [-0.39, 0.29) is 11.1 Å². The third kappa shape index (κ3) is 2.53. The summed E-state index contributed by atoms with van der Waals surface area (Å²) in [6.07, 6.45) is -0.804. The molecule has 1 unspecified atom stereocenters. The lowest BCUT2D eigenvalue weighted by molar-refractivity contribution is 0.0809. The Bertz CT molecular complexity index is 715. The standard InChI is InChI=1S/C16H12F2O2S/c1-9-6-7-10(15(18)14(9)17)16(19)12-8-21-13-5-3-2-4-11(13)20-12/h2-7,12H,8H2,1H3. The van der Waals surface area contributed by atoms with Gasteiger partial charge in [0.2, 0.25) is 5.78 Å². The van der Waals surface area contributed by atoms with Crippen LogP contribution in [0, 0.1) is 18.6 Å². The van der Waals surface area contributed by atoms with Crippen LogP contribution in [-0.2, 0) is 0 Å². The monoisotopic (exact) mass is 306 g/mol. The van der Waals surface area contributed by atoms with E-state index in [1.54, 1.807) is 12.1 Å². The number of hydrogen-bond acceptors (Lipinski definition) is 3. The maximum absolute atomic E-state index is 13.9. The number of carbonyl (C=O) groups is 1. The molecule has 21 heavy (non-hydrogen) atoms. The van der Waals surface area contributed by atoms with Crippen molar-refractivity contribution in [3.63, 3.8) is 0 Å². The minimum absolute atomic E-state index is 0.174. The number of carbonyl (C=O) groups excluding carboxylic acids is 1. The molecular formula is C16H12F2O2S. The van der Waals surface area contributed by atoms with Gasteiger partial charge < -0.3 is 4.74 Å². The molecule has 2 nitrogen and oxygen atoms in total. The number of benzene rings is 2. The molecule has 2 aromatic rings. The number of rotatable bonds is 2. The van der Waals surface area contributed by atoms with Crippen LogP contribution in [0.25, 0.3) is 0 Å². The highest BCUT2D eigenvalue weighted by Gasteiger charge is 2.30. The van der Waals surface area contributed by atoms with Gasteiger partial charge in [-0.15, -0.1) is 11.8 Å². The molecule has 1 heterocycles. The molecule has 0 radical (unpaired) electrons. The Labute approximate surface area is 125 Å². The number of halogens is 2. The first-order chi connectivity index (χ1) is 10.1. The first-order valence-electron chi connectivity index (χ1n) is 6.45. The summed E-state index contributed by atoms with van der Waals surface area (Å²) in [6.45, 7) is 1.45. The largest absolute Gasteiger partial charge is 0.480 e. The Hall–Kier alpha value is -1.88. The van der Waals surface area contributed by atoms with Gasteiger partial charge in [-0.1, -0.05) is 18.2 Å². The number of Topliss-reactive ketones (excluding diaryl/α,β-unsaturated/α-hetero) is 1.